The van der Waals surface area contributed by atoms with Gasteiger partial charge in [0.05, 0.1) is 20.8 Å². The van der Waals surface area contributed by atoms with Gasteiger partial charge in [0.1, 0.15) is 5.22 Å². The number of hydrogen-bond donors (Lipinski definition) is 1. The van der Waals surface area contributed by atoms with Crippen LogP contribution in [0.15, 0.2) is 0 Å². The lowest BCUT2D eigenvalue weighted by molar-refractivity contribution is 0.213. The van der Waals surface area contributed by atoms with Crippen molar-refractivity contribution < 1.29 is 9.84 Å². The Morgan fingerprint density at radius 3 is 2.00 bits per heavy atom. The van der Waals surface area contributed by atoms with Gasteiger partial charge in [-0.25, -0.2) is 0 Å². The van der Waals surface area contributed by atoms with Crippen molar-refractivity contribution in [2.24, 2.45) is 5.92 Å². The molecule has 72 valence electrons. The topological polar surface area (TPSA) is 32.8 Å². The molecule has 1 aliphatic rings. The monoisotopic (exact) mass is 188 g/mol. The number of ether oxygens (including phenoxy) is 1. The molecule has 0 aromatic carbocycles. The molecular formula is C9H20O2Si. The van der Waals surface area contributed by atoms with Crippen LogP contribution in [0.3, 0.4) is 0 Å². The van der Waals surface area contributed by atoms with E-state index in [0.717, 1.165) is 0 Å². The molecule has 0 saturated carbocycles. The fourth-order valence-corrected chi connectivity index (χ4v) is 3.98. The maximum atomic E-state index is 9.32. The number of aliphatic hydroxyl groups is 1. The van der Waals surface area contributed by atoms with Crippen LogP contribution in [0.25, 0.3) is 0 Å². The average molecular weight is 188 g/mol. The van der Waals surface area contributed by atoms with E-state index >= 15 is 0 Å². The summed E-state index contributed by atoms with van der Waals surface area (Å²) < 4.78 is 5.69. The Morgan fingerprint density at radius 2 is 1.92 bits per heavy atom. The van der Waals surface area contributed by atoms with Gasteiger partial charge in [-0.1, -0.05) is 33.5 Å². The van der Waals surface area contributed by atoms with Crippen molar-refractivity contribution in [3.63, 3.8) is 0 Å². The van der Waals surface area contributed by atoms with Crippen LogP contribution in [0.5, 0.6) is 0 Å². The predicted octanol–water partition coefficient (Wildman–Crippen LogP) is 1.65. The highest BCUT2D eigenvalue weighted by molar-refractivity contribution is 6.79. The molecule has 1 fully saturated rings. The van der Waals surface area contributed by atoms with Crippen molar-refractivity contribution in [1.82, 2.24) is 0 Å². The van der Waals surface area contributed by atoms with Gasteiger partial charge in [0.2, 0.25) is 0 Å². The molecule has 0 aromatic heterocycles. The first kappa shape index (κ1) is 10.2. The van der Waals surface area contributed by atoms with E-state index in [1.165, 1.54) is 0 Å². The van der Waals surface area contributed by atoms with Crippen LogP contribution in [-0.4, -0.2) is 31.1 Å². The van der Waals surface area contributed by atoms with Gasteiger partial charge in [-0.05, 0) is 5.92 Å². The van der Waals surface area contributed by atoms with E-state index < -0.39 is 8.07 Å². The third kappa shape index (κ3) is 1.34. The van der Waals surface area contributed by atoms with Gasteiger partial charge in [0.25, 0.3) is 0 Å². The quantitative estimate of drug-likeness (QED) is 0.539. The molecule has 0 aliphatic carbocycles. The number of aliphatic hydroxyl groups excluding tert-OH is 1. The van der Waals surface area contributed by atoms with E-state index in [-0.39, 0.29) is 11.8 Å². The number of hydrogen-bond acceptors (Lipinski definition) is 2. The minimum atomic E-state index is -1.37. The zero-order valence-corrected chi connectivity index (χ0v) is 9.72. The zero-order valence-electron chi connectivity index (χ0n) is 8.72. The zero-order chi connectivity index (χ0) is 9.57. The lowest BCUT2D eigenvalue weighted by Gasteiger charge is -2.24. The minimum Gasteiger partial charge on any atom is -0.394 e. The molecule has 1 heterocycles. The van der Waals surface area contributed by atoms with E-state index in [4.69, 9.17) is 4.74 Å². The average Bonchev–Trinajstić information content (AvgIpc) is 2.59. The third-order valence-corrected chi connectivity index (χ3v) is 5.95. The fraction of sp³-hybridized carbons (Fsp3) is 1.00. The molecule has 0 amide bonds. The van der Waals surface area contributed by atoms with Crippen molar-refractivity contribution in [1.29, 1.82) is 0 Å². The summed E-state index contributed by atoms with van der Waals surface area (Å²) in [7, 11) is -1.37. The molecule has 0 unspecified atom stereocenters. The first-order chi connectivity index (χ1) is 5.35. The van der Waals surface area contributed by atoms with Crippen LogP contribution >= 0.6 is 0 Å². The van der Waals surface area contributed by atoms with Gasteiger partial charge in [-0.2, -0.15) is 0 Å². The van der Waals surface area contributed by atoms with Gasteiger partial charge in [0, 0.05) is 0 Å². The van der Waals surface area contributed by atoms with Crippen molar-refractivity contribution in [2.45, 2.75) is 44.8 Å². The van der Waals surface area contributed by atoms with Crippen LogP contribution in [0.4, 0.5) is 0 Å². The van der Waals surface area contributed by atoms with Gasteiger partial charge >= 0.3 is 0 Å². The first-order valence-corrected chi connectivity index (χ1v) is 8.14. The van der Waals surface area contributed by atoms with E-state index in [2.05, 4.69) is 33.5 Å². The van der Waals surface area contributed by atoms with E-state index in [0.29, 0.717) is 12.0 Å². The second-order valence-electron chi connectivity index (χ2n) is 5.08. The summed E-state index contributed by atoms with van der Waals surface area (Å²) in [5.74, 6) is 0.531. The minimum absolute atomic E-state index is 0.138. The van der Waals surface area contributed by atoms with E-state index in [9.17, 15) is 5.11 Å². The highest BCUT2D eigenvalue weighted by Gasteiger charge is 2.64. The summed E-state index contributed by atoms with van der Waals surface area (Å²) in [6.07, 6.45) is 0.300. The second kappa shape index (κ2) is 2.82. The van der Waals surface area contributed by atoms with Crippen LogP contribution in [-0.2, 0) is 4.74 Å². The Labute approximate surface area is 75.9 Å². The second-order valence-corrected chi connectivity index (χ2v) is 10.4. The van der Waals surface area contributed by atoms with E-state index in [1.54, 1.807) is 0 Å². The van der Waals surface area contributed by atoms with Gasteiger partial charge in [-0.3, -0.25) is 0 Å². The molecule has 0 bridgehead atoms. The molecule has 2 nitrogen and oxygen atoms in total. The Hall–Kier alpha value is 0.137. The molecule has 1 rings (SSSR count). The third-order valence-electron chi connectivity index (χ3n) is 2.85. The van der Waals surface area contributed by atoms with E-state index in [1.807, 2.05) is 0 Å². The first-order valence-electron chi connectivity index (χ1n) is 4.64. The normalized spacial score (nSPS) is 35.8. The predicted molar refractivity (Wildman–Crippen MR) is 52.9 cm³/mol. The number of epoxide rings is 1. The molecule has 0 radical (unpaired) electrons. The van der Waals surface area contributed by atoms with Gasteiger partial charge < -0.3 is 9.84 Å². The SMILES string of the molecule is CC(C)[C@@H]1O[C@@]1(CO)[Si](C)(C)C. The summed E-state index contributed by atoms with van der Waals surface area (Å²) in [5, 5.41) is 9.18. The largest absolute Gasteiger partial charge is 0.394 e. The smallest absolute Gasteiger partial charge is 0.106 e. The molecule has 1 saturated heterocycles. The fourth-order valence-electron chi connectivity index (χ4n) is 1.84. The Morgan fingerprint density at radius 1 is 1.42 bits per heavy atom. The summed E-state index contributed by atoms with van der Waals surface area (Å²) in [6, 6.07) is 0. The summed E-state index contributed by atoms with van der Waals surface area (Å²) in [4.78, 5) is 0. The Kier molecular flexibility index (Phi) is 2.40. The van der Waals surface area contributed by atoms with Crippen LogP contribution in [0.2, 0.25) is 19.6 Å². The van der Waals surface area contributed by atoms with Crippen molar-refractivity contribution in [2.75, 3.05) is 6.61 Å². The maximum Gasteiger partial charge on any atom is 0.106 e. The Balaban J connectivity index is 2.72. The molecule has 12 heavy (non-hydrogen) atoms. The maximum absolute atomic E-state index is 9.32. The van der Waals surface area contributed by atoms with Crippen LogP contribution < -0.4 is 0 Å². The Bertz CT molecular complexity index is 174. The molecule has 2 atom stereocenters. The molecule has 1 aliphatic heterocycles. The molecular weight excluding hydrogens is 168 g/mol. The molecule has 0 aromatic rings. The van der Waals surface area contributed by atoms with Crippen LogP contribution in [0, 0.1) is 5.92 Å². The lowest BCUT2D eigenvalue weighted by Crippen LogP contribution is -2.47. The molecule has 0 spiro atoms. The lowest BCUT2D eigenvalue weighted by atomic mass is 10.1. The summed E-state index contributed by atoms with van der Waals surface area (Å²) >= 11 is 0. The van der Waals surface area contributed by atoms with Crippen molar-refractivity contribution >= 4 is 8.07 Å². The van der Waals surface area contributed by atoms with Crippen molar-refractivity contribution in [3.05, 3.63) is 0 Å². The highest BCUT2D eigenvalue weighted by Crippen LogP contribution is 2.47. The highest BCUT2D eigenvalue weighted by atomic mass is 28.3. The van der Waals surface area contributed by atoms with Gasteiger partial charge in [-0.15, -0.1) is 0 Å². The van der Waals surface area contributed by atoms with Crippen LogP contribution in [0.1, 0.15) is 13.8 Å². The molecule has 3 heteroatoms. The standard InChI is InChI=1S/C9H20O2Si/c1-7(2)8-9(6-10,11-8)12(3,4)5/h7-8,10H,6H2,1-5H3/t8-,9-/m0/s1. The summed E-state index contributed by atoms with van der Waals surface area (Å²) in [5.41, 5.74) is 0. The number of rotatable bonds is 3. The van der Waals surface area contributed by atoms with Crippen molar-refractivity contribution in [3.8, 4) is 0 Å². The van der Waals surface area contributed by atoms with Gasteiger partial charge in [0.15, 0.2) is 0 Å². The molecule has 1 N–H and O–H groups in total. The summed E-state index contributed by atoms with van der Waals surface area (Å²) in [6.45, 7) is 11.3.